The summed E-state index contributed by atoms with van der Waals surface area (Å²) in [6.45, 7) is 0.723. The van der Waals surface area contributed by atoms with E-state index in [2.05, 4.69) is 16.7 Å². The number of fused-ring (bicyclic) bond motifs is 1. The predicted molar refractivity (Wildman–Crippen MR) is 174 cm³/mol. The Balaban J connectivity index is 1.28. The molecule has 0 fully saturated rings. The summed E-state index contributed by atoms with van der Waals surface area (Å²) in [6.07, 6.45) is 3.50. The predicted octanol–water partition coefficient (Wildman–Crippen LogP) is 6.18. The van der Waals surface area contributed by atoms with E-state index in [-0.39, 0.29) is 11.6 Å². The van der Waals surface area contributed by atoms with Gasteiger partial charge < -0.3 is 25.0 Å². The minimum Gasteiger partial charge on any atom is -0.497 e. The zero-order valence-corrected chi connectivity index (χ0v) is 25.4. The third-order valence-electron chi connectivity index (χ3n) is 7.16. The fourth-order valence-corrected chi connectivity index (χ4v) is 5.66. The summed E-state index contributed by atoms with van der Waals surface area (Å²) in [5.74, 6) is 0.518. The Hall–Kier alpha value is -5.02. The molecule has 3 amide bonds. The lowest BCUT2D eigenvalue weighted by atomic mass is 10.0. The second-order valence-corrected chi connectivity index (χ2v) is 11.1. The first-order valence-corrected chi connectivity index (χ1v) is 15.2. The maximum absolute atomic E-state index is 13.5. The molecule has 44 heavy (non-hydrogen) atoms. The van der Waals surface area contributed by atoms with Crippen molar-refractivity contribution in [2.75, 3.05) is 36.7 Å². The molecule has 0 unspecified atom stereocenters. The quantitative estimate of drug-likeness (QED) is 0.165. The smallest absolute Gasteiger partial charge is 0.272 e. The number of nitrogens with zero attached hydrogens (tertiary/aromatic N) is 1. The third-order valence-corrected chi connectivity index (χ3v) is 8.15. The van der Waals surface area contributed by atoms with Gasteiger partial charge in [-0.2, -0.15) is 0 Å². The normalized spacial score (nSPS) is 12.6. The fraction of sp³-hybridized carbons (Fsp3) is 0.171. The maximum atomic E-state index is 13.5. The Morgan fingerprint density at radius 3 is 2.39 bits per heavy atom. The topological polar surface area (TPSA) is 97.0 Å². The van der Waals surface area contributed by atoms with Crippen LogP contribution < -0.4 is 25.0 Å². The number of methoxy groups -OCH3 is 2. The average Bonchev–Trinajstić information content (AvgIpc) is 3.07. The van der Waals surface area contributed by atoms with E-state index in [4.69, 9.17) is 9.47 Å². The number of hydrogen-bond acceptors (Lipinski definition) is 6. The van der Waals surface area contributed by atoms with Crippen molar-refractivity contribution in [1.29, 1.82) is 0 Å². The van der Waals surface area contributed by atoms with Crippen LogP contribution in [0, 0.1) is 0 Å². The fourth-order valence-electron chi connectivity index (χ4n) is 4.88. The monoisotopic (exact) mass is 607 g/mol. The number of amides is 3. The minimum atomic E-state index is -0.508. The first-order valence-electron chi connectivity index (χ1n) is 14.2. The lowest BCUT2D eigenvalue weighted by Crippen LogP contribution is -2.36. The number of nitrogens with one attached hydrogen (secondary N) is 2. The van der Waals surface area contributed by atoms with Crippen LogP contribution in [0.3, 0.4) is 0 Å². The lowest BCUT2D eigenvalue weighted by Gasteiger charge is -2.29. The van der Waals surface area contributed by atoms with E-state index >= 15 is 0 Å². The van der Waals surface area contributed by atoms with Gasteiger partial charge in [0.1, 0.15) is 17.2 Å². The van der Waals surface area contributed by atoms with Crippen LogP contribution in [-0.4, -0.2) is 44.2 Å². The number of anilines is 2. The van der Waals surface area contributed by atoms with Gasteiger partial charge in [-0.15, -0.1) is 11.8 Å². The van der Waals surface area contributed by atoms with Crippen molar-refractivity contribution in [3.05, 3.63) is 119 Å². The molecule has 0 spiro atoms. The van der Waals surface area contributed by atoms with Gasteiger partial charge in [-0.25, -0.2) is 0 Å². The highest BCUT2D eigenvalue weighted by Crippen LogP contribution is 2.29. The first-order chi connectivity index (χ1) is 21.4. The second-order valence-electron chi connectivity index (χ2n) is 10.0. The van der Waals surface area contributed by atoms with Gasteiger partial charge in [0.25, 0.3) is 11.8 Å². The Morgan fingerprint density at radius 1 is 0.886 bits per heavy atom. The zero-order valence-electron chi connectivity index (χ0n) is 24.5. The molecule has 4 aromatic rings. The number of carbonyl (C=O) groups is 3. The molecule has 4 aromatic carbocycles. The van der Waals surface area contributed by atoms with E-state index in [1.807, 2.05) is 41.3 Å². The molecule has 9 heteroatoms. The third kappa shape index (κ3) is 7.48. The molecular formula is C35H33N3O5S. The molecule has 8 nitrogen and oxygen atoms in total. The number of para-hydroxylation sites is 1. The van der Waals surface area contributed by atoms with Crippen LogP contribution in [0.25, 0.3) is 6.08 Å². The van der Waals surface area contributed by atoms with E-state index in [0.29, 0.717) is 34.1 Å². The molecule has 1 aliphatic rings. The number of hydrogen-bond donors (Lipinski definition) is 2. The molecule has 0 aliphatic carbocycles. The highest BCUT2D eigenvalue weighted by atomic mass is 32.2. The summed E-state index contributed by atoms with van der Waals surface area (Å²) >= 11 is 1.45. The van der Waals surface area contributed by atoms with Crippen molar-refractivity contribution in [3.63, 3.8) is 0 Å². The molecule has 0 saturated carbocycles. The van der Waals surface area contributed by atoms with Gasteiger partial charge in [0, 0.05) is 40.0 Å². The molecule has 0 radical (unpaired) electrons. The van der Waals surface area contributed by atoms with E-state index in [1.165, 1.54) is 24.4 Å². The van der Waals surface area contributed by atoms with Crippen LogP contribution in [0.15, 0.2) is 108 Å². The summed E-state index contributed by atoms with van der Waals surface area (Å²) in [5, 5.41) is 5.60. The van der Waals surface area contributed by atoms with Crippen LogP contribution in [-0.2, 0) is 16.0 Å². The van der Waals surface area contributed by atoms with Crippen LogP contribution in [0.2, 0.25) is 0 Å². The summed E-state index contributed by atoms with van der Waals surface area (Å²) in [7, 11) is 3.08. The molecule has 0 aromatic heterocycles. The van der Waals surface area contributed by atoms with Crippen molar-refractivity contribution >= 4 is 46.9 Å². The van der Waals surface area contributed by atoms with Crippen LogP contribution >= 0.6 is 11.8 Å². The van der Waals surface area contributed by atoms with Gasteiger partial charge in [0.15, 0.2) is 0 Å². The largest absolute Gasteiger partial charge is 0.497 e. The molecule has 1 aliphatic heterocycles. The Kier molecular flexibility index (Phi) is 9.99. The van der Waals surface area contributed by atoms with E-state index in [9.17, 15) is 14.4 Å². The van der Waals surface area contributed by atoms with Crippen molar-refractivity contribution in [2.45, 2.75) is 17.7 Å². The summed E-state index contributed by atoms with van der Waals surface area (Å²) < 4.78 is 10.8. The molecule has 5 rings (SSSR count). The average molecular weight is 608 g/mol. The molecule has 0 bridgehead atoms. The molecule has 224 valence electrons. The van der Waals surface area contributed by atoms with E-state index < -0.39 is 11.8 Å². The van der Waals surface area contributed by atoms with Gasteiger partial charge >= 0.3 is 0 Å². The Labute approximate surface area is 261 Å². The maximum Gasteiger partial charge on any atom is 0.272 e. The molecule has 2 N–H and O–H groups in total. The Morgan fingerprint density at radius 2 is 1.64 bits per heavy atom. The molecular weight excluding hydrogens is 574 g/mol. The standard InChI is InChI=1S/C35H33N3O5S/c1-42-28-17-14-26(32(22-28)43-2)21-30(37-34(40)25-10-4-3-5-11-25)35(41)36-27-15-18-29(19-16-27)44-23-33(39)38-20-8-12-24-9-6-7-13-31(24)38/h3-7,9-11,13-19,21-22H,8,12,20,23H2,1-2H3,(H,36,41)(H,37,40)/b30-21-. The highest BCUT2D eigenvalue weighted by Gasteiger charge is 2.22. The summed E-state index contributed by atoms with van der Waals surface area (Å²) in [5.41, 5.74) is 3.77. The first kappa shape index (κ1) is 30.4. The van der Waals surface area contributed by atoms with Gasteiger partial charge in [0.2, 0.25) is 5.91 Å². The van der Waals surface area contributed by atoms with E-state index in [1.54, 1.807) is 67.8 Å². The molecule has 0 saturated heterocycles. The number of benzene rings is 4. The van der Waals surface area contributed by atoms with Crippen molar-refractivity contribution in [2.24, 2.45) is 0 Å². The van der Waals surface area contributed by atoms with E-state index in [0.717, 1.165) is 30.0 Å². The van der Waals surface area contributed by atoms with Crippen LogP contribution in [0.1, 0.15) is 27.9 Å². The van der Waals surface area contributed by atoms with Gasteiger partial charge in [-0.3, -0.25) is 14.4 Å². The number of thioether (sulfide) groups is 1. The number of carbonyl (C=O) groups excluding carboxylic acids is 3. The molecule has 0 atom stereocenters. The second kappa shape index (κ2) is 14.4. The van der Waals surface area contributed by atoms with Gasteiger partial charge in [-0.1, -0.05) is 36.4 Å². The van der Waals surface area contributed by atoms with Crippen molar-refractivity contribution in [1.82, 2.24) is 5.32 Å². The minimum absolute atomic E-state index is 0.0354. The summed E-state index contributed by atoms with van der Waals surface area (Å²) in [6, 6.07) is 29.2. The van der Waals surface area contributed by atoms with Crippen LogP contribution in [0.5, 0.6) is 11.5 Å². The zero-order chi connectivity index (χ0) is 30.9. The Bertz CT molecular complexity index is 1670. The van der Waals surface area contributed by atoms with Crippen molar-refractivity contribution < 1.29 is 23.9 Å². The van der Waals surface area contributed by atoms with Crippen LogP contribution in [0.4, 0.5) is 11.4 Å². The summed E-state index contributed by atoms with van der Waals surface area (Å²) in [4.78, 5) is 42.3. The van der Waals surface area contributed by atoms with Crippen molar-refractivity contribution in [3.8, 4) is 11.5 Å². The highest BCUT2D eigenvalue weighted by molar-refractivity contribution is 8.00. The number of rotatable bonds is 10. The molecule has 1 heterocycles. The SMILES string of the molecule is COc1ccc(/C=C(\NC(=O)c2ccccc2)C(=O)Nc2ccc(SCC(=O)N3CCCc4ccccc43)cc2)c(OC)c1. The van der Waals surface area contributed by atoms with Gasteiger partial charge in [-0.05, 0) is 79.1 Å². The number of ether oxygens (including phenoxy) is 2. The lowest BCUT2D eigenvalue weighted by molar-refractivity contribution is -0.116. The number of aryl methyl sites for hydroxylation is 1. The van der Waals surface area contributed by atoms with Gasteiger partial charge in [0.05, 0.1) is 20.0 Å².